The Kier molecular flexibility index (Phi) is 5.71. The van der Waals surface area contributed by atoms with E-state index in [1.165, 1.54) is 18.3 Å². The average Bonchev–Trinajstić information content (AvgIpc) is 2.95. The van der Waals surface area contributed by atoms with Gasteiger partial charge in [0.2, 0.25) is 0 Å². The largest absolute Gasteiger partial charge is 0.351 e. The minimum absolute atomic E-state index is 0.00419. The number of H-pyrrole nitrogens is 1. The molecule has 2 aromatic rings. The second kappa shape index (κ2) is 7.57. The molecule has 0 radical (unpaired) electrons. The highest BCUT2D eigenvalue weighted by molar-refractivity contribution is 7.91. The molecule has 1 amide bonds. The fraction of sp³-hybridized carbons (Fsp3) is 0.375. The zero-order chi connectivity index (χ0) is 17.7. The normalized spacial score (nSPS) is 11.7. The van der Waals surface area contributed by atoms with Crippen molar-refractivity contribution in [3.63, 3.8) is 0 Å². The monoisotopic (exact) mass is 353 g/mol. The summed E-state index contributed by atoms with van der Waals surface area (Å²) < 4.78 is 37.5. The molecule has 0 saturated heterocycles. The maximum absolute atomic E-state index is 13.9. The van der Waals surface area contributed by atoms with Crippen molar-refractivity contribution in [2.75, 3.05) is 18.1 Å². The van der Waals surface area contributed by atoms with E-state index in [0.29, 0.717) is 0 Å². The fourth-order valence-electron chi connectivity index (χ4n) is 2.33. The summed E-state index contributed by atoms with van der Waals surface area (Å²) in [7, 11) is -3.21. The molecule has 1 heterocycles. The summed E-state index contributed by atoms with van der Waals surface area (Å²) in [6.45, 7) is 3.64. The molecule has 0 spiro atoms. The number of aromatic nitrogens is 2. The van der Waals surface area contributed by atoms with Gasteiger partial charge in [-0.15, -0.1) is 0 Å². The average molecular weight is 353 g/mol. The van der Waals surface area contributed by atoms with Crippen molar-refractivity contribution in [3.8, 4) is 11.3 Å². The molecule has 24 heavy (non-hydrogen) atoms. The number of hydrogen-bond acceptors (Lipinski definition) is 4. The number of carbonyl (C=O) groups excluding carboxylic acids is 1. The lowest BCUT2D eigenvalue weighted by Gasteiger charge is -2.08. The van der Waals surface area contributed by atoms with Gasteiger partial charge >= 0.3 is 0 Å². The zero-order valence-corrected chi connectivity index (χ0v) is 14.4. The molecule has 0 aliphatic rings. The molecule has 0 aliphatic heterocycles. The van der Waals surface area contributed by atoms with Gasteiger partial charge in [-0.25, -0.2) is 12.8 Å². The summed E-state index contributed by atoms with van der Waals surface area (Å²) >= 11 is 0. The molecular weight excluding hydrogens is 333 g/mol. The van der Waals surface area contributed by atoms with Crippen LogP contribution in [-0.4, -0.2) is 42.6 Å². The highest BCUT2D eigenvalue weighted by Gasteiger charge is 2.18. The fourth-order valence-corrected chi connectivity index (χ4v) is 3.93. The summed E-state index contributed by atoms with van der Waals surface area (Å²) in [5, 5.41) is 8.94. The molecule has 2 N–H and O–H groups in total. The van der Waals surface area contributed by atoms with Crippen LogP contribution in [0.25, 0.3) is 11.3 Å². The number of amides is 1. The Balaban J connectivity index is 2.05. The predicted molar refractivity (Wildman–Crippen MR) is 89.8 cm³/mol. The van der Waals surface area contributed by atoms with Gasteiger partial charge in [0.25, 0.3) is 5.91 Å². The number of hydrogen-bond donors (Lipinski definition) is 2. The second-order valence-corrected chi connectivity index (χ2v) is 8.13. The Bertz CT molecular complexity index is 815. The molecule has 8 heteroatoms. The van der Waals surface area contributed by atoms with Crippen LogP contribution in [0.5, 0.6) is 0 Å². The molecule has 1 aromatic carbocycles. The molecule has 1 aromatic heterocycles. The van der Waals surface area contributed by atoms with E-state index in [1.807, 2.05) is 13.8 Å². The molecule has 0 saturated carbocycles. The van der Waals surface area contributed by atoms with E-state index < -0.39 is 21.6 Å². The quantitative estimate of drug-likeness (QED) is 0.796. The van der Waals surface area contributed by atoms with Crippen molar-refractivity contribution >= 4 is 15.7 Å². The van der Waals surface area contributed by atoms with Crippen LogP contribution in [0.15, 0.2) is 30.5 Å². The Morgan fingerprint density at radius 2 is 2.04 bits per heavy atom. The second-order valence-electron chi connectivity index (χ2n) is 5.90. The number of nitrogens with zero attached hydrogens (tertiary/aromatic N) is 1. The van der Waals surface area contributed by atoms with Crippen LogP contribution in [0.4, 0.5) is 4.39 Å². The third-order valence-electron chi connectivity index (χ3n) is 3.31. The Labute approximate surface area is 140 Å². The molecule has 0 unspecified atom stereocenters. The smallest absolute Gasteiger partial charge is 0.255 e. The molecule has 130 valence electrons. The van der Waals surface area contributed by atoms with E-state index in [-0.39, 0.29) is 40.8 Å². The number of nitrogens with one attached hydrogen (secondary N) is 2. The first-order chi connectivity index (χ1) is 11.3. The number of carbonyl (C=O) groups is 1. The summed E-state index contributed by atoms with van der Waals surface area (Å²) in [5.74, 6) is -0.997. The van der Waals surface area contributed by atoms with Gasteiger partial charge in [0.15, 0.2) is 9.84 Å². The summed E-state index contributed by atoms with van der Waals surface area (Å²) in [6, 6.07) is 6.02. The van der Waals surface area contributed by atoms with Crippen molar-refractivity contribution < 1.29 is 17.6 Å². The number of aromatic amines is 1. The van der Waals surface area contributed by atoms with Gasteiger partial charge in [-0.1, -0.05) is 26.0 Å². The molecule has 0 fully saturated rings. The van der Waals surface area contributed by atoms with Crippen molar-refractivity contribution in [2.45, 2.75) is 13.8 Å². The molecule has 0 aliphatic carbocycles. The van der Waals surface area contributed by atoms with E-state index in [0.717, 1.165) is 0 Å². The van der Waals surface area contributed by atoms with Crippen LogP contribution in [0.2, 0.25) is 0 Å². The zero-order valence-electron chi connectivity index (χ0n) is 13.5. The molecule has 0 bridgehead atoms. The van der Waals surface area contributed by atoms with Crippen molar-refractivity contribution in [3.05, 3.63) is 41.8 Å². The molecule has 6 nitrogen and oxygen atoms in total. The minimum atomic E-state index is -3.21. The predicted octanol–water partition coefficient (Wildman–Crippen LogP) is 2.02. The van der Waals surface area contributed by atoms with Gasteiger partial charge in [-0.2, -0.15) is 5.10 Å². The SMILES string of the molecule is CC(C)CS(=O)(=O)CCNC(=O)c1cn[nH]c1-c1ccccc1F. The van der Waals surface area contributed by atoms with E-state index in [9.17, 15) is 17.6 Å². The molecule has 0 atom stereocenters. The van der Waals surface area contributed by atoms with Crippen molar-refractivity contribution in [1.82, 2.24) is 15.5 Å². The number of rotatable bonds is 7. The van der Waals surface area contributed by atoms with E-state index in [1.54, 1.807) is 12.1 Å². The van der Waals surface area contributed by atoms with Crippen LogP contribution in [0.1, 0.15) is 24.2 Å². The summed E-state index contributed by atoms with van der Waals surface area (Å²) in [4.78, 5) is 12.2. The third-order valence-corrected chi connectivity index (χ3v) is 5.31. The van der Waals surface area contributed by atoms with Gasteiger partial charge in [-0.05, 0) is 18.1 Å². The van der Waals surface area contributed by atoms with E-state index in [2.05, 4.69) is 15.5 Å². The molecular formula is C16H20FN3O3S. The van der Waals surface area contributed by atoms with Crippen LogP contribution < -0.4 is 5.32 Å². The Morgan fingerprint density at radius 1 is 1.33 bits per heavy atom. The lowest BCUT2D eigenvalue weighted by Crippen LogP contribution is -2.30. The lowest BCUT2D eigenvalue weighted by atomic mass is 10.1. The Hall–Kier alpha value is -2.22. The highest BCUT2D eigenvalue weighted by Crippen LogP contribution is 2.23. The topological polar surface area (TPSA) is 91.9 Å². The van der Waals surface area contributed by atoms with Crippen LogP contribution in [-0.2, 0) is 9.84 Å². The maximum Gasteiger partial charge on any atom is 0.255 e. The highest BCUT2D eigenvalue weighted by atomic mass is 32.2. The summed E-state index contributed by atoms with van der Waals surface area (Å²) in [6.07, 6.45) is 1.29. The maximum atomic E-state index is 13.9. The van der Waals surface area contributed by atoms with Gasteiger partial charge in [0.1, 0.15) is 5.82 Å². The Morgan fingerprint density at radius 3 is 2.71 bits per heavy atom. The van der Waals surface area contributed by atoms with Crippen molar-refractivity contribution in [2.24, 2.45) is 5.92 Å². The van der Waals surface area contributed by atoms with Gasteiger partial charge < -0.3 is 5.32 Å². The number of halogens is 1. The van der Waals surface area contributed by atoms with Gasteiger partial charge in [-0.3, -0.25) is 9.89 Å². The molecule has 2 rings (SSSR count). The van der Waals surface area contributed by atoms with Crippen LogP contribution in [0, 0.1) is 11.7 Å². The lowest BCUT2D eigenvalue weighted by molar-refractivity contribution is 0.0957. The van der Waals surface area contributed by atoms with Crippen LogP contribution >= 0.6 is 0 Å². The standard InChI is InChI=1S/C16H20FN3O3S/c1-11(2)10-24(22,23)8-7-18-16(21)13-9-19-20-15(13)12-5-3-4-6-14(12)17/h3-6,9,11H,7-8,10H2,1-2H3,(H,18,21)(H,19,20). The van der Waals surface area contributed by atoms with Crippen LogP contribution in [0.3, 0.4) is 0 Å². The van der Waals surface area contributed by atoms with E-state index >= 15 is 0 Å². The summed E-state index contributed by atoms with van der Waals surface area (Å²) in [5.41, 5.74) is 0.657. The number of sulfone groups is 1. The van der Waals surface area contributed by atoms with Gasteiger partial charge in [0.05, 0.1) is 29.0 Å². The van der Waals surface area contributed by atoms with E-state index in [4.69, 9.17) is 0 Å². The van der Waals surface area contributed by atoms with Crippen molar-refractivity contribution in [1.29, 1.82) is 0 Å². The minimum Gasteiger partial charge on any atom is -0.351 e. The number of benzene rings is 1. The van der Waals surface area contributed by atoms with Gasteiger partial charge in [0, 0.05) is 12.1 Å². The third kappa shape index (κ3) is 4.64. The first kappa shape index (κ1) is 18.1. The first-order valence-electron chi connectivity index (χ1n) is 7.57. The first-order valence-corrected chi connectivity index (χ1v) is 9.39.